The van der Waals surface area contributed by atoms with Crippen molar-refractivity contribution in [3.8, 4) is 5.75 Å². The SMILES string of the molecule is CCOC(=O)[C@H](Cc1cccc(OS(=O)(=O)c2ccc(C)cc2)c1)NC(=O)OCc1ccccc1. The van der Waals surface area contributed by atoms with Gasteiger partial charge >= 0.3 is 22.2 Å². The lowest BCUT2D eigenvalue weighted by Gasteiger charge is -2.18. The van der Waals surface area contributed by atoms with E-state index in [0.717, 1.165) is 11.1 Å². The number of rotatable bonds is 10. The highest BCUT2D eigenvalue weighted by atomic mass is 32.2. The smallest absolute Gasteiger partial charge is 0.408 e. The van der Waals surface area contributed by atoms with E-state index in [1.165, 1.54) is 24.3 Å². The predicted octanol–water partition coefficient (Wildman–Crippen LogP) is 4.16. The van der Waals surface area contributed by atoms with Gasteiger partial charge in [-0.05, 0) is 49.2 Å². The summed E-state index contributed by atoms with van der Waals surface area (Å²) in [6, 6.07) is 20.7. The average Bonchev–Trinajstić information content (AvgIpc) is 2.83. The number of aryl methyl sites for hydroxylation is 1. The fourth-order valence-electron chi connectivity index (χ4n) is 3.18. The van der Waals surface area contributed by atoms with Crippen LogP contribution in [0.3, 0.4) is 0 Å². The number of carbonyl (C=O) groups is 2. The number of nitrogens with one attached hydrogen (secondary N) is 1. The maximum absolute atomic E-state index is 12.6. The van der Waals surface area contributed by atoms with Crippen LogP contribution in [0, 0.1) is 6.92 Å². The van der Waals surface area contributed by atoms with Gasteiger partial charge in [-0.3, -0.25) is 0 Å². The normalized spacial score (nSPS) is 11.8. The third-order valence-electron chi connectivity index (χ3n) is 4.93. The van der Waals surface area contributed by atoms with E-state index in [0.29, 0.717) is 5.56 Å². The highest BCUT2D eigenvalue weighted by Gasteiger charge is 2.24. The third kappa shape index (κ3) is 7.86. The molecule has 1 amide bonds. The molecule has 1 N–H and O–H groups in total. The van der Waals surface area contributed by atoms with E-state index in [1.807, 2.05) is 37.3 Å². The Morgan fingerprint density at radius 1 is 0.886 bits per heavy atom. The standard InChI is InChI=1S/C26H27NO7S/c1-3-32-25(28)24(27-26(29)33-18-20-8-5-4-6-9-20)17-21-10-7-11-22(16-21)34-35(30,31)23-14-12-19(2)13-15-23/h4-16,24H,3,17-18H2,1-2H3,(H,27,29)/t24-/m0/s1. The second-order valence-electron chi connectivity index (χ2n) is 7.71. The Morgan fingerprint density at radius 3 is 2.26 bits per heavy atom. The first-order valence-corrected chi connectivity index (χ1v) is 12.4. The zero-order valence-electron chi connectivity index (χ0n) is 19.5. The molecule has 8 nitrogen and oxygen atoms in total. The number of alkyl carbamates (subject to hydrolysis) is 1. The maximum atomic E-state index is 12.6. The molecule has 0 fully saturated rings. The van der Waals surface area contributed by atoms with Crippen molar-refractivity contribution in [1.29, 1.82) is 0 Å². The summed E-state index contributed by atoms with van der Waals surface area (Å²) < 4.78 is 40.8. The molecule has 3 aromatic rings. The third-order valence-corrected chi connectivity index (χ3v) is 6.19. The van der Waals surface area contributed by atoms with Gasteiger partial charge in [0.15, 0.2) is 0 Å². The molecule has 0 bridgehead atoms. The second kappa shape index (κ2) is 12.0. The molecule has 0 aliphatic heterocycles. The topological polar surface area (TPSA) is 108 Å². The van der Waals surface area contributed by atoms with Crippen LogP contribution in [0.15, 0.2) is 83.8 Å². The minimum absolute atomic E-state index is 0.0285. The summed E-state index contributed by atoms with van der Waals surface area (Å²) >= 11 is 0. The number of hydrogen-bond donors (Lipinski definition) is 1. The van der Waals surface area contributed by atoms with Crippen molar-refractivity contribution in [3.63, 3.8) is 0 Å². The molecule has 0 aliphatic rings. The van der Waals surface area contributed by atoms with Crippen molar-refractivity contribution in [3.05, 3.63) is 95.6 Å². The van der Waals surface area contributed by atoms with Crippen molar-refractivity contribution in [2.24, 2.45) is 0 Å². The van der Waals surface area contributed by atoms with E-state index in [-0.39, 0.29) is 30.3 Å². The molecule has 0 heterocycles. The minimum atomic E-state index is -4.03. The number of amides is 1. The van der Waals surface area contributed by atoms with Crippen LogP contribution in [-0.2, 0) is 37.4 Å². The molecule has 0 aromatic heterocycles. The summed E-state index contributed by atoms with van der Waals surface area (Å²) in [4.78, 5) is 24.8. The summed E-state index contributed by atoms with van der Waals surface area (Å²) in [6.07, 6.45) is -0.734. The Kier molecular flexibility index (Phi) is 8.86. The van der Waals surface area contributed by atoms with Gasteiger partial charge in [0.2, 0.25) is 0 Å². The van der Waals surface area contributed by atoms with Crippen LogP contribution in [-0.4, -0.2) is 33.1 Å². The molecule has 9 heteroatoms. The number of benzene rings is 3. The van der Waals surface area contributed by atoms with E-state index in [1.54, 1.807) is 31.2 Å². The van der Waals surface area contributed by atoms with E-state index in [2.05, 4.69) is 5.32 Å². The van der Waals surface area contributed by atoms with Crippen LogP contribution in [0.25, 0.3) is 0 Å². The van der Waals surface area contributed by atoms with Crippen LogP contribution in [0.2, 0.25) is 0 Å². The fourth-order valence-corrected chi connectivity index (χ4v) is 4.11. The zero-order valence-corrected chi connectivity index (χ0v) is 20.3. The molecule has 0 aliphatic carbocycles. The number of ether oxygens (including phenoxy) is 2. The van der Waals surface area contributed by atoms with Crippen LogP contribution in [0.5, 0.6) is 5.75 Å². The van der Waals surface area contributed by atoms with Gasteiger partial charge in [0.25, 0.3) is 0 Å². The van der Waals surface area contributed by atoms with Gasteiger partial charge in [0.1, 0.15) is 23.3 Å². The Labute approximate surface area is 205 Å². The monoisotopic (exact) mass is 497 g/mol. The van der Waals surface area contributed by atoms with Gasteiger partial charge in [0, 0.05) is 6.42 Å². The lowest BCUT2D eigenvalue weighted by Crippen LogP contribution is -2.43. The molecule has 0 radical (unpaired) electrons. The first kappa shape index (κ1) is 25.8. The Balaban J connectivity index is 1.69. The van der Waals surface area contributed by atoms with Crippen LogP contribution in [0.1, 0.15) is 23.6 Å². The van der Waals surface area contributed by atoms with E-state index >= 15 is 0 Å². The quantitative estimate of drug-likeness (QED) is 0.331. The zero-order chi connectivity index (χ0) is 25.3. The summed E-state index contributed by atoms with van der Waals surface area (Å²) in [5.74, 6) is -0.555. The van der Waals surface area contributed by atoms with Crippen molar-refractivity contribution in [2.75, 3.05) is 6.61 Å². The van der Waals surface area contributed by atoms with E-state index < -0.39 is 28.2 Å². The van der Waals surface area contributed by atoms with Gasteiger partial charge in [-0.1, -0.05) is 60.2 Å². The van der Waals surface area contributed by atoms with Crippen molar-refractivity contribution >= 4 is 22.2 Å². The molecule has 184 valence electrons. The lowest BCUT2D eigenvalue weighted by molar-refractivity contribution is -0.145. The minimum Gasteiger partial charge on any atom is -0.464 e. The second-order valence-corrected chi connectivity index (χ2v) is 9.26. The summed E-state index contributed by atoms with van der Waals surface area (Å²) in [6.45, 7) is 3.69. The fraction of sp³-hybridized carbons (Fsp3) is 0.231. The van der Waals surface area contributed by atoms with Gasteiger partial charge in [0.05, 0.1) is 6.61 Å². The molecule has 1 atom stereocenters. The predicted molar refractivity (Wildman–Crippen MR) is 129 cm³/mol. The number of carbonyl (C=O) groups excluding carboxylic acids is 2. The van der Waals surface area contributed by atoms with Crippen LogP contribution in [0.4, 0.5) is 4.79 Å². The van der Waals surface area contributed by atoms with Crippen molar-refractivity contribution in [1.82, 2.24) is 5.32 Å². The van der Waals surface area contributed by atoms with Crippen LogP contribution < -0.4 is 9.50 Å². The van der Waals surface area contributed by atoms with E-state index in [9.17, 15) is 18.0 Å². The molecule has 0 spiro atoms. The van der Waals surface area contributed by atoms with Gasteiger partial charge in [-0.15, -0.1) is 0 Å². The molecule has 35 heavy (non-hydrogen) atoms. The first-order chi connectivity index (χ1) is 16.8. The molecular weight excluding hydrogens is 470 g/mol. The number of esters is 1. The first-order valence-electron chi connectivity index (χ1n) is 11.0. The molecule has 3 rings (SSSR count). The molecule has 3 aromatic carbocycles. The van der Waals surface area contributed by atoms with Crippen LogP contribution >= 0.6 is 0 Å². The van der Waals surface area contributed by atoms with Gasteiger partial charge in [-0.25, -0.2) is 9.59 Å². The Morgan fingerprint density at radius 2 is 1.57 bits per heavy atom. The molecule has 0 unspecified atom stereocenters. The highest BCUT2D eigenvalue weighted by molar-refractivity contribution is 7.87. The Hall–Kier alpha value is -3.85. The average molecular weight is 498 g/mol. The number of hydrogen-bond acceptors (Lipinski definition) is 7. The Bertz CT molecular complexity index is 1240. The summed E-state index contributed by atoms with van der Waals surface area (Å²) in [5.41, 5.74) is 2.28. The lowest BCUT2D eigenvalue weighted by atomic mass is 10.1. The largest absolute Gasteiger partial charge is 0.464 e. The highest BCUT2D eigenvalue weighted by Crippen LogP contribution is 2.21. The summed E-state index contributed by atoms with van der Waals surface area (Å²) in [7, 11) is -4.03. The molecule has 0 saturated heterocycles. The van der Waals surface area contributed by atoms with Gasteiger partial charge < -0.3 is 19.0 Å². The van der Waals surface area contributed by atoms with Gasteiger partial charge in [-0.2, -0.15) is 8.42 Å². The molecular formula is C26H27NO7S. The van der Waals surface area contributed by atoms with E-state index in [4.69, 9.17) is 13.7 Å². The maximum Gasteiger partial charge on any atom is 0.408 e. The molecule has 0 saturated carbocycles. The van der Waals surface area contributed by atoms with Crippen molar-refractivity contribution < 1.29 is 31.7 Å². The van der Waals surface area contributed by atoms with Crippen molar-refractivity contribution in [2.45, 2.75) is 37.8 Å². The summed E-state index contributed by atoms with van der Waals surface area (Å²) in [5, 5.41) is 2.52.